The molecule has 0 spiro atoms. The minimum atomic E-state index is 0.360. The second-order valence-corrected chi connectivity index (χ2v) is 6.66. The van der Waals surface area contributed by atoms with Gasteiger partial charge in [0.25, 0.3) is 0 Å². The average molecular weight is 387 g/mol. The van der Waals surface area contributed by atoms with Crippen LogP contribution in [0.2, 0.25) is 10.0 Å². The zero-order chi connectivity index (χ0) is 15.2. The van der Waals surface area contributed by atoms with E-state index < -0.39 is 0 Å². The first-order valence-electron chi connectivity index (χ1n) is 7.01. The van der Waals surface area contributed by atoms with Crippen LogP contribution in [0.25, 0.3) is 0 Å². The number of benzene rings is 2. The van der Waals surface area contributed by atoms with Crippen molar-refractivity contribution in [2.75, 3.05) is 13.1 Å². The Morgan fingerprint density at radius 1 is 1.14 bits per heavy atom. The molecule has 0 fully saturated rings. The minimum Gasteiger partial charge on any atom is -0.316 e. The standard InChI is InChI=1S/C17H18BrCl2N/c1-2-21-11-13(15-5-3-4-6-16(15)18)9-12-7-8-14(19)10-17(12)20/h3-8,10,13,21H,2,9,11H2,1H3. The van der Waals surface area contributed by atoms with Gasteiger partial charge in [-0.05, 0) is 42.3 Å². The smallest absolute Gasteiger partial charge is 0.0453 e. The van der Waals surface area contributed by atoms with Crippen molar-refractivity contribution in [3.05, 3.63) is 68.1 Å². The molecule has 0 saturated heterocycles. The van der Waals surface area contributed by atoms with E-state index in [1.165, 1.54) is 5.56 Å². The molecule has 0 amide bonds. The van der Waals surface area contributed by atoms with Crippen molar-refractivity contribution < 1.29 is 0 Å². The maximum absolute atomic E-state index is 6.32. The van der Waals surface area contributed by atoms with Crippen LogP contribution in [0.5, 0.6) is 0 Å². The third kappa shape index (κ3) is 4.72. The maximum Gasteiger partial charge on any atom is 0.0453 e. The Morgan fingerprint density at radius 2 is 1.90 bits per heavy atom. The summed E-state index contributed by atoms with van der Waals surface area (Å²) >= 11 is 15.9. The molecule has 0 aliphatic rings. The summed E-state index contributed by atoms with van der Waals surface area (Å²) in [6.45, 7) is 3.99. The number of hydrogen-bond donors (Lipinski definition) is 1. The number of likely N-dealkylation sites (N-methyl/N-ethyl adjacent to an activating group) is 1. The molecule has 0 aliphatic heterocycles. The fraction of sp³-hybridized carbons (Fsp3) is 0.294. The fourth-order valence-electron chi connectivity index (χ4n) is 2.37. The van der Waals surface area contributed by atoms with Crippen molar-refractivity contribution >= 4 is 39.1 Å². The van der Waals surface area contributed by atoms with Crippen LogP contribution in [0.3, 0.4) is 0 Å². The highest BCUT2D eigenvalue weighted by atomic mass is 79.9. The summed E-state index contributed by atoms with van der Waals surface area (Å²) in [6, 6.07) is 14.1. The Hall–Kier alpha value is -0.540. The van der Waals surface area contributed by atoms with E-state index in [1.807, 2.05) is 24.3 Å². The van der Waals surface area contributed by atoms with Crippen LogP contribution in [-0.2, 0) is 6.42 Å². The van der Waals surface area contributed by atoms with Gasteiger partial charge in [-0.3, -0.25) is 0 Å². The molecule has 112 valence electrons. The van der Waals surface area contributed by atoms with E-state index in [9.17, 15) is 0 Å². The molecule has 0 aliphatic carbocycles. The molecule has 2 rings (SSSR count). The Bertz CT molecular complexity index is 601. The fourth-order valence-corrected chi connectivity index (χ4v) is 3.46. The maximum atomic E-state index is 6.32. The molecule has 0 saturated carbocycles. The van der Waals surface area contributed by atoms with Crippen LogP contribution in [0.4, 0.5) is 0 Å². The second-order valence-electron chi connectivity index (χ2n) is 4.97. The second kappa shape index (κ2) is 8.19. The van der Waals surface area contributed by atoms with Gasteiger partial charge in [0.1, 0.15) is 0 Å². The van der Waals surface area contributed by atoms with Crippen LogP contribution in [0, 0.1) is 0 Å². The average Bonchev–Trinajstić information content (AvgIpc) is 2.46. The van der Waals surface area contributed by atoms with Gasteiger partial charge in [-0.15, -0.1) is 0 Å². The number of halogens is 3. The first kappa shape index (κ1) is 16.8. The van der Waals surface area contributed by atoms with E-state index in [2.05, 4.69) is 46.4 Å². The van der Waals surface area contributed by atoms with Crippen molar-refractivity contribution in [1.29, 1.82) is 0 Å². The third-order valence-electron chi connectivity index (χ3n) is 3.47. The van der Waals surface area contributed by atoms with Crippen LogP contribution < -0.4 is 5.32 Å². The molecular formula is C17H18BrCl2N. The summed E-state index contributed by atoms with van der Waals surface area (Å²) in [4.78, 5) is 0. The summed E-state index contributed by atoms with van der Waals surface area (Å²) in [6.07, 6.45) is 0.881. The summed E-state index contributed by atoms with van der Waals surface area (Å²) in [5, 5.41) is 4.84. The number of nitrogens with one attached hydrogen (secondary N) is 1. The molecule has 2 aromatic rings. The molecule has 0 radical (unpaired) electrons. The topological polar surface area (TPSA) is 12.0 Å². The van der Waals surface area contributed by atoms with Gasteiger partial charge in [-0.2, -0.15) is 0 Å². The van der Waals surface area contributed by atoms with Gasteiger partial charge in [-0.25, -0.2) is 0 Å². The molecule has 2 aromatic carbocycles. The molecule has 4 heteroatoms. The predicted molar refractivity (Wildman–Crippen MR) is 95.6 cm³/mol. The Kier molecular flexibility index (Phi) is 6.56. The van der Waals surface area contributed by atoms with Crippen LogP contribution in [0.1, 0.15) is 24.0 Å². The first-order chi connectivity index (χ1) is 10.1. The highest BCUT2D eigenvalue weighted by molar-refractivity contribution is 9.10. The van der Waals surface area contributed by atoms with E-state index in [0.717, 1.165) is 34.6 Å². The van der Waals surface area contributed by atoms with Gasteiger partial charge in [0.05, 0.1) is 0 Å². The van der Waals surface area contributed by atoms with Crippen molar-refractivity contribution in [1.82, 2.24) is 5.32 Å². The molecule has 1 N–H and O–H groups in total. The Morgan fingerprint density at radius 3 is 2.57 bits per heavy atom. The molecule has 0 aromatic heterocycles. The zero-order valence-electron chi connectivity index (χ0n) is 11.9. The lowest BCUT2D eigenvalue weighted by Gasteiger charge is -2.20. The summed E-state index contributed by atoms with van der Waals surface area (Å²) < 4.78 is 1.14. The quantitative estimate of drug-likeness (QED) is 0.672. The van der Waals surface area contributed by atoms with E-state index in [0.29, 0.717) is 10.9 Å². The molecule has 0 heterocycles. The van der Waals surface area contributed by atoms with Gasteiger partial charge in [0.2, 0.25) is 0 Å². The molecule has 0 bridgehead atoms. The Labute approximate surface area is 144 Å². The normalized spacial score (nSPS) is 12.4. The lowest BCUT2D eigenvalue weighted by molar-refractivity contribution is 0.593. The van der Waals surface area contributed by atoms with Crippen molar-refractivity contribution in [2.45, 2.75) is 19.3 Å². The monoisotopic (exact) mass is 385 g/mol. The van der Waals surface area contributed by atoms with E-state index in [1.54, 1.807) is 0 Å². The van der Waals surface area contributed by atoms with Gasteiger partial charge in [0.15, 0.2) is 0 Å². The predicted octanol–water partition coefficient (Wildman–Crippen LogP) is 5.69. The summed E-state index contributed by atoms with van der Waals surface area (Å²) in [7, 11) is 0. The van der Waals surface area contributed by atoms with E-state index in [-0.39, 0.29) is 0 Å². The molecule has 1 unspecified atom stereocenters. The summed E-state index contributed by atoms with van der Waals surface area (Å²) in [5.74, 6) is 0.360. The van der Waals surface area contributed by atoms with Crippen molar-refractivity contribution in [2.24, 2.45) is 0 Å². The molecule has 21 heavy (non-hydrogen) atoms. The summed E-state index contributed by atoms with van der Waals surface area (Å²) in [5.41, 5.74) is 2.42. The van der Waals surface area contributed by atoms with Gasteiger partial charge in [-0.1, -0.05) is 70.3 Å². The number of hydrogen-bond acceptors (Lipinski definition) is 1. The SMILES string of the molecule is CCNCC(Cc1ccc(Cl)cc1Cl)c1ccccc1Br. The molecule has 1 nitrogen and oxygen atoms in total. The van der Waals surface area contributed by atoms with Crippen molar-refractivity contribution in [3.63, 3.8) is 0 Å². The highest BCUT2D eigenvalue weighted by Gasteiger charge is 2.16. The van der Waals surface area contributed by atoms with Gasteiger partial charge < -0.3 is 5.32 Å². The first-order valence-corrected chi connectivity index (χ1v) is 8.55. The third-order valence-corrected chi connectivity index (χ3v) is 4.78. The Balaban J connectivity index is 2.26. The van der Waals surface area contributed by atoms with Crippen molar-refractivity contribution in [3.8, 4) is 0 Å². The highest BCUT2D eigenvalue weighted by Crippen LogP contribution is 2.30. The molecular weight excluding hydrogens is 369 g/mol. The van der Waals surface area contributed by atoms with E-state index in [4.69, 9.17) is 23.2 Å². The minimum absolute atomic E-state index is 0.360. The lowest BCUT2D eigenvalue weighted by Crippen LogP contribution is -2.23. The van der Waals surface area contributed by atoms with Crippen LogP contribution in [0.15, 0.2) is 46.9 Å². The van der Waals surface area contributed by atoms with E-state index >= 15 is 0 Å². The van der Waals surface area contributed by atoms with Crippen LogP contribution in [-0.4, -0.2) is 13.1 Å². The van der Waals surface area contributed by atoms with Gasteiger partial charge in [0, 0.05) is 27.0 Å². The van der Waals surface area contributed by atoms with Crippen LogP contribution >= 0.6 is 39.1 Å². The lowest BCUT2D eigenvalue weighted by atomic mass is 9.92. The molecule has 1 atom stereocenters. The van der Waals surface area contributed by atoms with Gasteiger partial charge >= 0.3 is 0 Å². The zero-order valence-corrected chi connectivity index (χ0v) is 15.0. The largest absolute Gasteiger partial charge is 0.316 e. The number of rotatable bonds is 6.